The number of rotatable bonds is 3. The number of fused-ring (bicyclic) bond motifs is 1. The molecule has 3 aromatic rings. The van der Waals surface area contributed by atoms with Crippen LogP contribution < -0.4 is 5.69 Å². The van der Waals surface area contributed by atoms with Crippen molar-refractivity contribution in [3.8, 4) is 5.75 Å². The number of halogens is 3. The van der Waals surface area contributed by atoms with Gasteiger partial charge >= 0.3 is 11.9 Å². The lowest BCUT2D eigenvalue weighted by Crippen LogP contribution is -2.41. The first-order valence-electron chi connectivity index (χ1n) is 9.60. The lowest BCUT2D eigenvalue weighted by Gasteiger charge is -2.32. The number of imidazole rings is 1. The minimum atomic E-state index is -4.40. The summed E-state index contributed by atoms with van der Waals surface area (Å²) >= 11 is 0. The van der Waals surface area contributed by atoms with Gasteiger partial charge in [0.2, 0.25) is 5.91 Å². The number of para-hydroxylation sites is 1. The second-order valence-electron chi connectivity index (χ2n) is 7.46. The van der Waals surface area contributed by atoms with E-state index in [2.05, 4.69) is 4.98 Å². The highest BCUT2D eigenvalue weighted by Crippen LogP contribution is 2.30. The van der Waals surface area contributed by atoms with Gasteiger partial charge in [0.25, 0.3) is 0 Å². The molecule has 1 aliphatic rings. The molecule has 1 fully saturated rings. The van der Waals surface area contributed by atoms with E-state index in [0.717, 1.165) is 12.1 Å². The number of nitrogens with one attached hydrogen (secondary N) is 1. The van der Waals surface area contributed by atoms with E-state index in [4.69, 9.17) is 0 Å². The summed E-state index contributed by atoms with van der Waals surface area (Å²) < 4.78 is 39.5. The average Bonchev–Trinajstić information content (AvgIpc) is 3.05. The van der Waals surface area contributed by atoms with Crippen molar-refractivity contribution in [1.29, 1.82) is 0 Å². The summed E-state index contributed by atoms with van der Waals surface area (Å²) in [4.78, 5) is 29.3. The highest BCUT2D eigenvalue weighted by atomic mass is 19.4. The van der Waals surface area contributed by atoms with Crippen molar-refractivity contribution in [2.24, 2.45) is 0 Å². The number of alkyl halides is 3. The normalized spacial score (nSPS) is 15.6. The molecule has 158 valence electrons. The van der Waals surface area contributed by atoms with E-state index < -0.39 is 11.7 Å². The maximum absolute atomic E-state index is 12.7. The Kier molecular flexibility index (Phi) is 5.05. The van der Waals surface area contributed by atoms with Crippen molar-refractivity contribution in [2.75, 3.05) is 13.1 Å². The molecule has 2 N–H and O–H groups in total. The van der Waals surface area contributed by atoms with E-state index in [-0.39, 0.29) is 29.8 Å². The van der Waals surface area contributed by atoms with Gasteiger partial charge < -0.3 is 15.0 Å². The first-order valence-corrected chi connectivity index (χ1v) is 9.60. The van der Waals surface area contributed by atoms with Crippen molar-refractivity contribution >= 4 is 16.9 Å². The average molecular weight is 419 g/mol. The van der Waals surface area contributed by atoms with Gasteiger partial charge in [-0.2, -0.15) is 13.2 Å². The van der Waals surface area contributed by atoms with E-state index in [0.29, 0.717) is 42.5 Å². The molecule has 1 aromatic heterocycles. The highest BCUT2D eigenvalue weighted by molar-refractivity contribution is 5.82. The van der Waals surface area contributed by atoms with Gasteiger partial charge in [0, 0.05) is 19.1 Å². The van der Waals surface area contributed by atoms with Crippen LogP contribution in [0.5, 0.6) is 5.75 Å². The van der Waals surface area contributed by atoms with Crippen LogP contribution in [0.1, 0.15) is 30.0 Å². The predicted molar refractivity (Wildman–Crippen MR) is 104 cm³/mol. The molecule has 1 aliphatic heterocycles. The largest absolute Gasteiger partial charge is 0.506 e. The number of hydrogen-bond acceptors (Lipinski definition) is 3. The van der Waals surface area contributed by atoms with Crippen LogP contribution in [0.25, 0.3) is 11.0 Å². The molecule has 0 bridgehead atoms. The molecular formula is C21H20F3N3O3. The second kappa shape index (κ2) is 7.55. The van der Waals surface area contributed by atoms with E-state index in [9.17, 15) is 27.9 Å². The van der Waals surface area contributed by atoms with Gasteiger partial charge in [0.1, 0.15) is 11.3 Å². The third-order valence-electron chi connectivity index (χ3n) is 5.53. The molecule has 9 heteroatoms. The number of phenols is 1. The number of aromatic nitrogens is 2. The Morgan fingerprint density at radius 2 is 1.77 bits per heavy atom. The zero-order chi connectivity index (χ0) is 21.5. The Hall–Kier alpha value is -3.23. The molecule has 0 radical (unpaired) electrons. The fourth-order valence-corrected chi connectivity index (χ4v) is 3.98. The SMILES string of the molecule is O=C(Cc1ccc(C(F)(F)F)cc1)N1CCC(n2c(=O)[nH]c3cccc(O)c32)CC1. The van der Waals surface area contributed by atoms with Gasteiger partial charge in [0.15, 0.2) is 0 Å². The molecule has 4 rings (SSSR count). The lowest BCUT2D eigenvalue weighted by molar-refractivity contribution is -0.137. The molecular weight excluding hydrogens is 399 g/mol. The summed E-state index contributed by atoms with van der Waals surface area (Å²) in [5.74, 6) is -0.144. The van der Waals surface area contributed by atoms with Crippen LogP contribution in [0, 0.1) is 0 Å². The Labute approximate surface area is 169 Å². The highest BCUT2D eigenvalue weighted by Gasteiger charge is 2.30. The topological polar surface area (TPSA) is 78.3 Å². The minimum absolute atomic E-state index is 0.0201. The van der Waals surface area contributed by atoms with Crippen molar-refractivity contribution < 1.29 is 23.1 Å². The third kappa shape index (κ3) is 3.79. The fraction of sp³-hybridized carbons (Fsp3) is 0.333. The van der Waals surface area contributed by atoms with Crippen molar-refractivity contribution in [3.05, 3.63) is 64.1 Å². The maximum Gasteiger partial charge on any atom is 0.416 e. The Bertz CT molecular complexity index is 1120. The van der Waals surface area contributed by atoms with E-state index in [1.165, 1.54) is 18.2 Å². The zero-order valence-corrected chi connectivity index (χ0v) is 15.9. The molecule has 0 saturated carbocycles. The van der Waals surface area contributed by atoms with Gasteiger partial charge in [-0.05, 0) is 42.7 Å². The lowest BCUT2D eigenvalue weighted by atomic mass is 10.0. The number of carbonyl (C=O) groups is 1. The Morgan fingerprint density at radius 3 is 2.40 bits per heavy atom. The number of amides is 1. The molecule has 0 unspecified atom stereocenters. The van der Waals surface area contributed by atoms with Crippen LogP contribution in [0.4, 0.5) is 13.2 Å². The van der Waals surface area contributed by atoms with Gasteiger partial charge in [0.05, 0.1) is 17.5 Å². The molecule has 0 spiro atoms. The number of hydrogen-bond donors (Lipinski definition) is 2. The van der Waals surface area contributed by atoms with Gasteiger partial charge in [-0.25, -0.2) is 4.79 Å². The summed E-state index contributed by atoms with van der Waals surface area (Å²) in [5.41, 5.74) is 0.485. The van der Waals surface area contributed by atoms with Crippen LogP contribution in [-0.2, 0) is 17.4 Å². The number of piperidine rings is 1. The minimum Gasteiger partial charge on any atom is -0.506 e. The third-order valence-corrected chi connectivity index (χ3v) is 5.53. The number of aromatic hydroxyl groups is 1. The first kappa shape index (κ1) is 20.1. The first-order chi connectivity index (χ1) is 14.2. The molecule has 2 heterocycles. The number of likely N-dealkylation sites (tertiary alicyclic amines) is 1. The number of nitrogens with zero attached hydrogens (tertiary/aromatic N) is 2. The number of aromatic amines is 1. The molecule has 6 nitrogen and oxygen atoms in total. The summed E-state index contributed by atoms with van der Waals surface area (Å²) in [6.45, 7) is 0.855. The van der Waals surface area contributed by atoms with Crippen molar-refractivity contribution in [1.82, 2.24) is 14.5 Å². The summed E-state index contributed by atoms with van der Waals surface area (Å²) in [6, 6.07) is 9.33. The van der Waals surface area contributed by atoms with E-state index >= 15 is 0 Å². The van der Waals surface area contributed by atoms with Crippen LogP contribution in [0.3, 0.4) is 0 Å². The summed E-state index contributed by atoms with van der Waals surface area (Å²) in [6.07, 6.45) is -3.30. The van der Waals surface area contributed by atoms with Crippen LogP contribution in [0.15, 0.2) is 47.3 Å². The van der Waals surface area contributed by atoms with Gasteiger partial charge in [-0.15, -0.1) is 0 Å². The molecule has 0 aliphatic carbocycles. The quantitative estimate of drug-likeness (QED) is 0.683. The summed E-state index contributed by atoms with van der Waals surface area (Å²) in [5, 5.41) is 10.2. The Morgan fingerprint density at radius 1 is 1.10 bits per heavy atom. The van der Waals surface area contributed by atoms with E-state index in [1.807, 2.05) is 0 Å². The number of phenolic OH excluding ortho intramolecular Hbond substituents is 1. The number of H-pyrrole nitrogens is 1. The maximum atomic E-state index is 12.7. The summed E-state index contributed by atoms with van der Waals surface area (Å²) in [7, 11) is 0. The van der Waals surface area contributed by atoms with Crippen molar-refractivity contribution in [2.45, 2.75) is 31.5 Å². The second-order valence-corrected chi connectivity index (χ2v) is 7.46. The fourth-order valence-electron chi connectivity index (χ4n) is 3.98. The predicted octanol–water partition coefficient (Wildman–Crippen LogP) is 3.46. The van der Waals surface area contributed by atoms with Crippen LogP contribution in [-0.4, -0.2) is 38.6 Å². The molecule has 0 atom stereocenters. The van der Waals surface area contributed by atoms with Crippen molar-refractivity contribution in [3.63, 3.8) is 0 Å². The number of carbonyl (C=O) groups excluding carboxylic acids is 1. The monoisotopic (exact) mass is 419 g/mol. The standard InChI is InChI=1S/C21H20F3N3O3/c22-21(23,24)14-6-4-13(5-7-14)12-18(29)26-10-8-15(9-11-26)27-19-16(25-20(27)30)2-1-3-17(19)28/h1-7,15,28H,8-12H2,(H,25,30). The zero-order valence-electron chi connectivity index (χ0n) is 15.9. The number of benzene rings is 2. The van der Waals surface area contributed by atoms with Gasteiger partial charge in [-0.1, -0.05) is 18.2 Å². The smallest absolute Gasteiger partial charge is 0.416 e. The van der Waals surface area contributed by atoms with Gasteiger partial charge in [-0.3, -0.25) is 9.36 Å². The molecule has 1 saturated heterocycles. The molecule has 1 amide bonds. The molecule has 30 heavy (non-hydrogen) atoms. The van der Waals surface area contributed by atoms with E-state index in [1.54, 1.807) is 21.6 Å². The van der Waals surface area contributed by atoms with Crippen LogP contribution in [0.2, 0.25) is 0 Å². The molecule has 2 aromatic carbocycles. The van der Waals surface area contributed by atoms with Crippen LogP contribution >= 0.6 is 0 Å². The Balaban J connectivity index is 1.42.